The molecule has 1 fully saturated rings. The zero-order valence-corrected chi connectivity index (χ0v) is 20.4. The molecule has 0 bridgehead atoms. The Labute approximate surface area is 213 Å². The van der Waals surface area contributed by atoms with Gasteiger partial charge in [0.05, 0.1) is 11.1 Å². The summed E-state index contributed by atoms with van der Waals surface area (Å²) in [6, 6.07) is 9.10. The lowest BCUT2D eigenvalue weighted by atomic mass is 10.1. The number of likely N-dealkylation sites (tertiary alicyclic amines) is 1. The van der Waals surface area contributed by atoms with E-state index in [2.05, 4.69) is 15.0 Å². The third-order valence-electron chi connectivity index (χ3n) is 6.02. The van der Waals surface area contributed by atoms with Crippen LogP contribution in [-0.4, -0.2) is 70.5 Å². The Hall–Kier alpha value is -3.51. The van der Waals surface area contributed by atoms with Crippen molar-refractivity contribution < 1.29 is 27.1 Å². The van der Waals surface area contributed by atoms with Crippen LogP contribution in [-0.2, 0) is 0 Å². The van der Waals surface area contributed by atoms with Gasteiger partial charge in [-0.2, -0.15) is 18.3 Å². The van der Waals surface area contributed by atoms with Gasteiger partial charge in [-0.1, -0.05) is 12.1 Å². The summed E-state index contributed by atoms with van der Waals surface area (Å²) in [5.41, 5.74) is 3.62. The van der Waals surface area contributed by atoms with Crippen LogP contribution in [0.15, 0.2) is 54.3 Å². The van der Waals surface area contributed by atoms with Gasteiger partial charge in [0.15, 0.2) is 5.65 Å². The van der Waals surface area contributed by atoms with Crippen LogP contribution in [0.1, 0.15) is 16.1 Å². The number of amides is 1. The molecule has 1 saturated heterocycles. The fraction of sp³-hybridized carbons (Fsp3) is 0.320. The Morgan fingerprint density at radius 1 is 1.16 bits per heavy atom. The molecule has 12 heteroatoms. The van der Waals surface area contributed by atoms with Crippen molar-refractivity contribution in [3.8, 4) is 28.0 Å². The maximum atomic E-state index is 13.3. The van der Waals surface area contributed by atoms with E-state index in [9.17, 15) is 22.4 Å². The number of hydrogen-bond donors (Lipinski definition) is 1. The number of alkyl halides is 4. The van der Waals surface area contributed by atoms with E-state index in [0.717, 1.165) is 34.8 Å². The van der Waals surface area contributed by atoms with Gasteiger partial charge in [-0.3, -0.25) is 9.69 Å². The highest BCUT2D eigenvalue weighted by Crippen LogP contribution is 2.30. The van der Waals surface area contributed by atoms with Gasteiger partial charge in [0.1, 0.15) is 25.1 Å². The standard InChI is InChI=1S/C25H23F4N5O2S/c26-19-5-6-33(13-19)7-8-36-20-3-1-16(2-4-20)18-10-30-23-21(11-32-34(23)12-18)17-9-22(37-14-17)24(35)31-15-25(27,28)29/h1-4,9-12,14,19H,5-8,13,15H2,(H,31,35). The van der Waals surface area contributed by atoms with E-state index in [0.29, 0.717) is 42.9 Å². The Balaban J connectivity index is 1.24. The first-order valence-corrected chi connectivity index (χ1v) is 12.5. The number of rotatable bonds is 8. The number of ether oxygens (including phenoxy) is 1. The molecule has 5 rings (SSSR count). The first-order chi connectivity index (χ1) is 17.7. The van der Waals surface area contributed by atoms with Crippen LogP contribution in [0.5, 0.6) is 5.75 Å². The largest absolute Gasteiger partial charge is 0.492 e. The van der Waals surface area contributed by atoms with Crippen LogP contribution in [0, 0.1) is 0 Å². The highest BCUT2D eigenvalue weighted by atomic mass is 32.1. The molecule has 0 radical (unpaired) electrons. The van der Waals surface area contributed by atoms with Crippen molar-refractivity contribution >= 4 is 22.9 Å². The third-order valence-corrected chi connectivity index (χ3v) is 6.95. The van der Waals surface area contributed by atoms with E-state index in [1.807, 2.05) is 35.8 Å². The number of hydrogen-bond acceptors (Lipinski definition) is 6. The number of nitrogens with one attached hydrogen (secondary N) is 1. The molecule has 3 aromatic heterocycles. The Bertz CT molecular complexity index is 1390. The summed E-state index contributed by atoms with van der Waals surface area (Å²) >= 11 is 1.05. The summed E-state index contributed by atoms with van der Waals surface area (Å²) < 4.78 is 57.8. The molecular formula is C25H23F4N5O2S. The fourth-order valence-corrected chi connectivity index (χ4v) is 4.94. The van der Waals surface area contributed by atoms with Crippen molar-refractivity contribution in [2.45, 2.75) is 18.8 Å². The summed E-state index contributed by atoms with van der Waals surface area (Å²) in [4.78, 5) is 18.8. The molecule has 4 aromatic rings. The summed E-state index contributed by atoms with van der Waals surface area (Å²) in [5, 5.41) is 7.92. The number of thiophene rings is 1. The van der Waals surface area contributed by atoms with Gasteiger partial charge in [-0.05, 0) is 41.1 Å². The normalized spacial score (nSPS) is 16.4. The minimum absolute atomic E-state index is 0.171. The molecule has 1 N–H and O–H groups in total. The SMILES string of the molecule is O=C(NCC(F)(F)F)c1cc(-c2cnn3cc(-c4ccc(OCCN5CCC(F)C5)cc4)cnc23)cs1. The first kappa shape index (κ1) is 25.2. The lowest BCUT2D eigenvalue weighted by Gasteiger charge is -2.15. The van der Waals surface area contributed by atoms with Gasteiger partial charge < -0.3 is 10.1 Å². The van der Waals surface area contributed by atoms with Gasteiger partial charge >= 0.3 is 6.18 Å². The van der Waals surface area contributed by atoms with E-state index < -0.39 is 24.8 Å². The number of halogens is 4. The average Bonchev–Trinajstić information content (AvgIpc) is 3.62. The molecule has 1 aliphatic heterocycles. The molecule has 37 heavy (non-hydrogen) atoms. The molecule has 0 aliphatic carbocycles. The van der Waals surface area contributed by atoms with Crippen LogP contribution >= 0.6 is 11.3 Å². The van der Waals surface area contributed by atoms with Crippen molar-refractivity contribution in [1.29, 1.82) is 0 Å². The summed E-state index contributed by atoms with van der Waals surface area (Å²) in [6.45, 7) is 1.03. The van der Waals surface area contributed by atoms with Crippen LogP contribution in [0.25, 0.3) is 27.9 Å². The predicted molar refractivity (Wildman–Crippen MR) is 132 cm³/mol. The average molecular weight is 534 g/mol. The fourth-order valence-electron chi connectivity index (χ4n) is 4.12. The maximum absolute atomic E-state index is 13.3. The Morgan fingerprint density at radius 3 is 2.70 bits per heavy atom. The van der Waals surface area contributed by atoms with Crippen LogP contribution in [0.4, 0.5) is 17.6 Å². The van der Waals surface area contributed by atoms with Crippen molar-refractivity contribution in [3.05, 3.63) is 59.2 Å². The van der Waals surface area contributed by atoms with E-state index >= 15 is 0 Å². The summed E-state index contributed by atoms with van der Waals surface area (Å²) in [6.07, 6.45) is 0.515. The first-order valence-electron chi connectivity index (χ1n) is 11.6. The molecule has 0 spiro atoms. The molecule has 7 nitrogen and oxygen atoms in total. The predicted octanol–water partition coefficient (Wildman–Crippen LogP) is 4.84. The minimum Gasteiger partial charge on any atom is -0.492 e. The van der Waals surface area contributed by atoms with Gasteiger partial charge in [-0.25, -0.2) is 13.9 Å². The lowest BCUT2D eigenvalue weighted by Crippen LogP contribution is -2.33. The van der Waals surface area contributed by atoms with E-state index in [1.54, 1.807) is 22.3 Å². The quantitative estimate of drug-likeness (QED) is 0.328. The van der Waals surface area contributed by atoms with Crippen molar-refractivity contribution in [2.75, 3.05) is 32.8 Å². The Morgan fingerprint density at radius 2 is 1.97 bits per heavy atom. The van der Waals surface area contributed by atoms with Crippen molar-refractivity contribution in [3.63, 3.8) is 0 Å². The maximum Gasteiger partial charge on any atom is 0.405 e. The highest BCUT2D eigenvalue weighted by molar-refractivity contribution is 7.12. The van der Waals surface area contributed by atoms with E-state index in [4.69, 9.17) is 4.74 Å². The van der Waals surface area contributed by atoms with Gasteiger partial charge in [-0.15, -0.1) is 11.3 Å². The molecule has 1 atom stereocenters. The summed E-state index contributed by atoms with van der Waals surface area (Å²) in [5.74, 6) is -0.0557. The van der Waals surface area contributed by atoms with E-state index in [-0.39, 0.29) is 4.88 Å². The van der Waals surface area contributed by atoms with Gasteiger partial charge in [0.2, 0.25) is 0 Å². The van der Waals surface area contributed by atoms with Crippen LogP contribution < -0.4 is 10.1 Å². The number of fused-ring (bicyclic) bond motifs is 1. The van der Waals surface area contributed by atoms with Crippen LogP contribution in [0.2, 0.25) is 0 Å². The molecule has 1 aromatic carbocycles. The monoisotopic (exact) mass is 533 g/mol. The molecule has 194 valence electrons. The van der Waals surface area contributed by atoms with Crippen molar-refractivity contribution in [1.82, 2.24) is 24.8 Å². The summed E-state index contributed by atoms with van der Waals surface area (Å²) in [7, 11) is 0. The number of carbonyl (C=O) groups is 1. The minimum atomic E-state index is -4.47. The Kier molecular flexibility index (Phi) is 7.11. The topological polar surface area (TPSA) is 71.8 Å². The number of aromatic nitrogens is 3. The second-order valence-electron chi connectivity index (χ2n) is 8.73. The van der Waals surface area contributed by atoms with Gasteiger partial charge in [0, 0.05) is 43.2 Å². The molecule has 1 amide bonds. The second kappa shape index (κ2) is 10.5. The van der Waals surface area contributed by atoms with E-state index in [1.165, 1.54) is 6.07 Å². The lowest BCUT2D eigenvalue weighted by molar-refractivity contribution is -0.123. The highest BCUT2D eigenvalue weighted by Gasteiger charge is 2.28. The zero-order valence-electron chi connectivity index (χ0n) is 19.5. The van der Waals surface area contributed by atoms with Gasteiger partial charge in [0.25, 0.3) is 5.91 Å². The van der Waals surface area contributed by atoms with Crippen LogP contribution in [0.3, 0.4) is 0 Å². The number of nitrogens with zero attached hydrogens (tertiary/aromatic N) is 4. The number of benzene rings is 1. The zero-order chi connectivity index (χ0) is 26.0. The molecular weight excluding hydrogens is 510 g/mol. The molecule has 1 aliphatic rings. The third kappa shape index (κ3) is 6.08. The second-order valence-corrected chi connectivity index (χ2v) is 9.64. The molecule has 4 heterocycles. The smallest absolute Gasteiger partial charge is 0.405 e. The molecule has 0 saturated carbocycles. The molecule has 1 unspecified atom stereocenters. The van der Waals surface area contributed by atoms with Crippen molar-refractivity contribution in [2.24, 2.45) is 0 Å². The number of carbonyl (C=O) groups excluding carboxylic acids is 1.